The Morgan fingerprint density at radius 3 is 2.75 bits per heavy atom. The number of methoxy groups -OCH3 is 1. The lowest BCUT2D eigenvalue weighted by atomic mass is 10.2. The maximum absolute atomic E-state index is 12.2. The van der Waals surface area contributed by atoms with Crippen molar-refractivity contribution in [1.82, 2.24) is 20.2 Å². The molecule has 0 saturated carbocycles. The predicted molar refractivity (Wildman–Crippen MR) is 92.7 cm³/mol. The average Bonchev–Trinajstić information content (AvgIpc) is 2.61. The first-order valence-corrected chi connectivity index (χ1v) is 7.85. The van der Waals surface area contributed by atoms with Gasteiger partial charge in [-0.25, -0.2) is 4.98 Å². The summed E-state index contributed by atoms with van der Waals surface area (Å²) in [5.74, 6) is -0.0253. The highest BCUT2D eigenvalue weighted by atomic mass is 16.5. The highest BCUT2D eigenvalue weighted by molar-refractivity contribution is 5.96. The lowest BCUT2D eigenvalue weighted by Crippen LogP contribution is -2.35. The van der Waals surface area contributed by atoms with Gasteiger partial charge in [-0.1, -0.05) is 37.3 Å². The molecule has 0 aliphatic heterocycles. The highest BCUT2D eigenvalue weighted by Crippen LogP contribution is 2.14. The van der Waals surface area contributed by atoms with E-state index in [1.807, 2.05) is 18.2 Å². The van der Waals surface area contributed by atoms with Crippen LogP contribution in [0.25, 0.3) is 0 Å². The van der Waals surface area contributed by atoms with E-state index in [4.69, 9.17) is 10.5 Å². The van der Waals surface area contributed by atoms with Crippen molar-refractivity contribution in [2.24, 2.45) is 0 Å². The van der Waals surface area contributed by atoms with Crippen LogP contribution in [-0.2, 0) is 6.54 Å². The molecular weight excluding hydrogens is 306 g/mol. The van der Waals surface area contributed by atoms with Crippen molar-refractivity contribution in [3.05, 3.63) is 47.7 Å². The number of hydrogen-bond acceptors (Lipinski definition) is 6. The minimum atomic E-state index is -0.275. The molecule has 1 amide bonds. The molecule has 1 heterocycles. The zero-order valence-electron chi connectivity index (χ0n) is 14.0. The fraction of sp³-hybridized carbons (Fsp3) is 0.353. The van der Waals surface area contributed by atoms with Crippen molar-refractivity contribution in [3.8, 4) is 5.88 Å². The molecular formula is C17H23N5O2. The molecule has 128 valence electrons. The Hall–Kier alpha value is -2.67. The molecule has 0 spiro atoms. The molecule has 0 fully saturated rings. The van der Waals surface area contributed by atoms with E-state index in [9.17, 15) is 4.79 Å². The van der Waals surface area contributed by atoms with Crippen LogP contribution < -0.4 is 15.8 Å². The quantitative estimate of drug-likeness (QED) is 0.759. The van der Waals surface area contributed by atoms with Crippen molar-refractivity contribution in [1.29, 1.82) is 0 Å². The zero-order chi connectivity index (χ0) is 17.4. The van der Waals surface area contributed by atoms with Crippen molar-refractivity contribution >= 4 is 11.9 Å². The van der Waals surface area contributed by atoms with Crippen LogP contribution in [0.1, 0.15) is 22.8 Å². The Kier molecular flexibility index (Phi) is 6.51. The van der Waals surface area contributed by atoms with E-state index >= 15 is 0 Å². The minimum absolute atomic E-state index is 0.0726. The summed E-state index contributed by atoms with van der Waals surface area (Å²) in [6, 6.07) is 10.2. The summed E-state index contributed by atoms with van der Waals surface area (Å²) in [5, 5.41) is 2.86. The second-order valence-corrected chi connectivity index (χ2v) is 5.26. The van der Waals surface area contributed by atoms with Gasteiger partial charge in [0.2, 0.25) is 11.8 Å². The van der Waals surface area contributed by atoms with Crippen molar-refractivity contribution in [3.63, 3.8) is 0 Å². The molecule has 0 aliphatic rings. The number of hydrogen-bond donors (Lipinski definition) is 2. The topological polar surface area (TPSA) is 93.4 Å². The fourth-order valence-electron chi connectivity index (χ4n) is 2.30. The lowest BCUT2D eigenvalue weighted by molar-refractivity contribution is 0.0944. The Balaban J connectivity index is 1.87. The highest BCUT2D eigenvalue weighted by Gasteiger charge is 2.14. The smallest absolute Gasteiger partial charge is 0.258 e. The van der Waals surface area contributed by atoms with Gasteiger partial charge in [-0.3, -0.25) is 9.69 Å². The Labute approximate surface area is 141 Å². The molecule has 1 aromatic heterocycles. The summed E-state index contributed by atoms with van der Waals surface area (Å²) >= 11 is 0. The monoisotopic (exact) mass is 329 g/mol. The molecule has 0 saturated heterocycles. The zero-order valence-corrected chi connectivity index (χ0v) is 14.0. The van der Waals surface area contributed by atoms with Crippen LogP contribution in [-0.4, -0.2) is 47.5 Å². The third-order valence-electron chi connectivity index (χ3n) is 3.62. The first kappa shape index (κ1) is 17.7. The molecule has 24 heavy (non-hydrogen) atoms. The van der Waals surface area contributed by atoms with E-state index in [0.717, 1.165) is 19.6 Å². The standard InChI is InChI=1S/C17H23N5O2/c1-3-22(12-13-7-5-4-6-8-13)10-9-19-15(23)14-11-20-17(18)21-16(14)24-2/h4-8,11H,3,9-10,12H2,1-2H3,(H,19,23)(H2,18,20,21). The van der Waals surface area contributed by atoms with Crippen LogP contribution in [0.15, 0.2) is 36.5 Å². The number of rotatable bonds is 8. The van der Waals surface area contributed by atoms with Crippen LogP contribution >= 0.6 is 0 Å². The SMILES string of the molecule is CCN(CCNC(=O)c1cnc(N)nc1OC)Cc1ccccc1. The average molecular weight is 329 g/mol. The Morgan fingerprint density at radius 1 is 1.33 bits per heavy atom. The number of anilines is 1. The third-order valence-corrected chi connectivity index (χ3v) is 3.62. The summed E-state index contributed by atoms with van der Waals surface area (Å²) in [7, 11) is 1.44. The summed E-state index contributed by atoms with van der Waals surface area (Å²) < 4.78 is 5.07. The minimum Gasteiger partial charge on any atom is -0.480 e. The molecule has 7 nitrogen and oxygen atoms in total. The maximum Gasteiger partial charge on any atom is 0.258 e. The van der Waals surface area contributed by atoms with Crippen LogP contribution in [0.2, 0.25) is 0 Å². The Morgan fingerprint density at radius 2 is 2.08 bits per heavy atom. The van der Waals surface area contributed by atoms with Gasteiger partial charge in [-0.05, 0) is 12.1 Å². The molecule has 0 bridgehead atoms. The number of ether oxygens (including phenoxy) is 1. The van der Waals surface area contributed by atoms with Gasteiger partial charge in [0, 0.05) is 25.8 Å². The van der Waals surface area contributed by atoms with Gasteiger partial charge in [-0.15, -0.1) is 0 Å². The van der Waals surface area contributed by atoms with Crippen LogP contribution in [0, 0.1) is 0 Å². The number of benzene rings is 1. The van der Waals surface area contributed by atoms with E-state index in [0.29, 0.717) is 6.54 Å². The number of aromatic nitrogens is 2. The molecule has 2 rings (SSSR count). The number of carbonyl (C=O) groups is 1. The number of amides is 1. The number of carbonyl (C=O) groups excluding carboxylic acids is 1. The van der Waals surface area contributed by atoms with Crippen LogP contribution in [0.5, 0.6) is 5.88 Å². The lowest BCUT2D eigenvalue weighted by Gasteiger charge is -2.20. The number of likely N-dealkylation sites (N-methyl/N-ethyl adjacent to an activating group) is 1. The van der Waals surface area contributed by atoms with Gasteiger partial charge in [0.1, 0.15) is 5.56 Å². The number of nitrogen functional groups attached to an aromatic ring is 1. The van der Waals surface area contributed by atoms with E-state index in [-0.39, 0.29) is 23.3 Å². The largest absolute Gasteiger partial charge is 0.480 e. The number of nitrogens with zero attached hydrogens (tertiary/aromatic N) is 3. The van der Waals surface area contributed by atoms with Gasteiger partial charge < -0.3 is 15.8 Å². The van der Waals surface area contributed by atoms with Gasteiger partial charge in [-0.2, -0.15) is 4.98 Å². The molecule has 0 aliphatic carbocycles. The third kappa shape index (κ3) is 4.92. The molecule has 2 aromatic rings. The summed E-state index contributed by atoms with van der Waals surface area (Å²) in [6.07, 6.45) is 1.37. The number of nitrogens with one attached hydrogen (secondary N) is 1. The molecule has 0 unspecified atom stereocenters. The second-order valence-electron chi connectivity index (χ2n) is 5.26. The molecule has 7 heteroatoms. The van der Waals surface area contributed by atoms with E-state index in [1.54, 1.807) is 0 Å². The number of nitrogens with two attached hydrogens (primary N) is 1. The predicted octanol–water partition coefficient (Wildman–Crippen LogP) is 1.32. The molecule has 0 radical (unpaired) electrons. The van der Waals surface area contributed by atoms with E-state index < -0.39 is 0 Å². The summed E-state index contributed by atoms with van der Waals surface area (Å²) in [5.41, 5.74) is 7.02. The first-order valence-electron chi connectivity index (χ1n) is 7.85. The van der Waals surface area contributed by atoms with Crippen LogP contribution in [0.4, 0.5) is 5.95 Å². The van der Waals surface area contributed by atoms with Gasteiger partial charge in [0.25, 0.3) is 5.91 Å². The fourth-order valence-corrected chi connectivity index (χ4v) is 2.30. The normalized spacial score (nSPS) is 10.6. The maximum atomic E-state index is 12.2. The van der Waals surface area contributed by atoms with Gasteiger partial charge in [0.05, 0.1) is 7.11 Å². The van der Waals surface area contributed by atoms with E-state index in [2.05, 4.69) is 39.2 Å². The van der Waals surface area contributed by atoms with E-state index in [1.165, 1.54) is 18.9 Å². The van der Waals surface area contributed by atoms with Crippen LogP contribution in [0.3, 0.4) is 0 Å². The molecule has 0 atom stereocenters. The molecule has 3 N–H and O–H groups in total. The summed E-state index contributed by atoms with van der Waals surface area (Å²) in [6.45, 7) is 5.12. The van der Waals surface area contributed by atoms with Crippen molar-refractivity contribution in [2.45, 2.75) is 13.5 Å². The first-order chi connectivity index (χ1) is 11.6. The summed E-state index contributed by atoms with van der Waals surface area (Å²) in [4.78, 5) is 22.2. The Bertz CT molecular complexity index is 663. The van der Waals surface area contributed by atoms with Crippen molar-refractivity contribution in [2.75, 3.05) is 32.5 Å². The van der Waals surface area contributed by atoms with Gasteiger partial charge in [0.15, 0.2) is 0 Å². The van der Waals surface area contributed by atoms with Crippen molar-refractivity contribution < 1.29 is 9.53 Å². The molecule has 1 aromatic carbocycles. The van der Waals surface area contributed by atoms with Gasteiger partial charge >= 0.3 is 0 Å². The second kappa shape index (κ2) is 8.83.